The Labute approximate surface area is 120 Å². The van der Waals surface area contributed by atoms with Crippen LogP contribution in [-0.4, -0.2) is 34.7 Å². The lowest BCUT2D eigenvalue weighted by atomic mass is 9.53. The molecule has 0 saturated heterocycles. The van der Waals surface area contributed by atoms with Gasteiger partial charge < -0.3 is 14.6 Å². The van der Waals surface area contributed by atoms with Crippen LogP contribution >= 0.6 is 0 Å². The fraction of sp³-hybridized carbons (Fsp3) is 0.733. The summed E-state index contributed by atoms with van der Waals surface area (Å²) in [6.45, 7) is 6.83. The quantitative estimate of drug-likeness (QED) is 0.864. The third-order valence-electron chi connectivity index (χ3n) is 4.96. The molecule has 5 heteroatoms. The summed E-state index contributed by atoms with van der Waals surface area (Å²) in [5.41, 5.74) is 0.0682. The molecule has 1 heterocycles. The minimum atomic E-state index is 0.0423. The summed E-state index contributed by atoms with van der Waals surface area (Å²) in [7, 11) is 1.77. The molecule has 1 amide bonds. The van der Waals surface area contributed by atoms with Crippen molar-refractivity contribution in [3.63, 3.8) is 0 Å². The summed E-state index contributed by atoms with van der Waals surface area (Å²) in [6.07, 6.45) is 7.41. The van der Waals surface area contributed by atoms with Crippen LogP contribution in [0.3, 0.4) is 0 Å². The van der Waals surface area contributed by atoms with Crippen LogP contribution < -0.4 is 5.32 Å². The Morgan fingerprint density at radius 3 is 2.65 bits per heavy atom. The third-order valence-corrected chi connectivity index (χ3v) is 4.96. The van der Waals surface area contributed by atoms with Crippen molar-refractivity contribution in [1.82, 2.24) is 14.9 Å². The van der Waals surface area contributed by atoms with Crippen molar-refractivity contribution in [2.24, 2.45) is 11.3 Å². The Balaban J connectivity index is 2.02. The molecular weight excluding hydrogens is 254 g/mol. The molecule has 1 fully saturated rings. The maximum absolute atomic E-state index is 12.2. The lowest BCUT2D eigenvalue weighted by Crippen LogP contribution is -2.70. The standard InChI is InChI=1S/C15H25N3O2/c1-5-15(6-2)13(11(3)14(15)20-4)17-12(19)9-18-8-7-16-10-18/h7-8,10-11,13-14H,5-6,9H2,1-4H3,(H,17,19). The Morgan fingerprint density at radius 1 is 1.45 bits per heavy atom. The molecule has 1 aromatic rings. The first kappa shape index (κ1) is 15.0. The molecule has 1 saturated carbocycles. The second kappa shape index (κ2) is 5.95. The van der Waals surface area contributed by atoms with Crippen molar-refractivity contribution < 1.29 is 9.53 Å². The van der Waals surface area contributed by atoms with E-state index in [9.17, 15) is 4.79 Å². The van der Waals surface area contributed by atoms with Gasteiger partial charge in [-0.2, -0.15) is 0 Å². The summed E-state index contributed by atoms with van der Waals surface area (Å²) in [5.74, 6) is 0.396. The maximum atomic E-state index is 12.2. The number of aromatic nitrogens is 2. The van der Waals surface area contributed by atoms with Gasteiger partial charge >= 0.3 is 0 Å². The molecule has 2 rings (SSSR count). The number of ether oxygens (including phenoxy) is 1. The number of nitrogens with zero attached hydrogens (tertiary/aromatic N) is 2. The van der Waals surface area contributed by atoms with E-state index in [1.165, 1.54) is 0 Å². The van der Waals surface area contributed by atoms with Crippen molar-refractivity contribution >= 4 is 5.91 Å². The number of rotatable bonds is 6. The molecule has 0 radical (unpaired) electrons. The second-order valence-electron chi connectivity index (χ2n) is 5.74. The molecule has 3 atom stereocenters. The molecule has 112 valence electrons. The van der Waals surface area contributed by atoms with Gasteiger partial charge in [0.2, 0.25) is 5.91 Å². The number of hydrogen-bond acceptors (Lipinski definition) is 3. The summed E-state index contributed by atoms with van der Waals surface area (Å²) in [6, 6.07) is 0.193. The molecule has 1 N–H and O–H groups in total. The number of nitrogens with one attached hydrogen (secondary N) is 1. The Morgan fingerprint density at radius 2 is 2.15 bits per heavy atom. The molecule has 20 heavy (non-hydrogen) atoms. The lowest BCUT2D eigenvalue weighted by Gasteiger charge is -2.59. The van der Waals surface area contributed by atoms with Gasteiger partial charge in [-0.25, -0.2) is 4.98 Å². The van der Waals surface area contributed by atoms with E-state index in [1.54, 1.807) is 30.4 Å². The minimum Gasteiger partial charge on any atom is -0.380 e. The number of carbonyl (C=O) groups is 1. The zero-order chi connectivity index (χ0) is 14.8. The smallest absolute Gasteiger partial charge is 0.240 e. The van der Waals surface area contributed by atoms with Gasteiger partial charge in [-0.1, -0.05) is 20.8 Å². The van der Waals surface area contributed by atoms with Gasteiger partial charge in [0.15, 0.2) is 0 Å². The molecule has 0 aromatic carbocycles. The first-order chi connectivity index (χ1) is 9.58. The maximum Gasteiger partial charge on any atom is 0.240 e. The van der Waals surface area contributed by atoms with Gasteiger partial charge in [0, 0.05) is 36.9 Å². The minimum absolute atomic E-state index is 0.0423. The molecule has 1 aromatic heterocycles. The molecular formula is C15H25N3O2. The van der Waals surface area contributed by atoms with Crippen molar-refractivity contribution in [3.05, 3.63) is 18.7 Å². The number of methoxy groups -OCH3 is 1. The molecule has 0 spiro atoms. The van der Waals surface area contributed by atoms with Crippen LogP contribution in [0.4, 0.5) is 0 Å². The highest BCUT2D eigenvalue weighted by atomic mass is 16.5. The number of hydrogen-bond donors (Lipinski definition) is 1. The topological polar surface area (TPSA) is 56.2 Å². The average Bonchev–Trinajstić information content (AvgIpc) is 2.94. The van der Waals surface area contributed by atoms with E-state index in [4.69, 9.17) is 4.74 Å². The van der Waals surface area contributed by atoms with Crippen LogP contribution in [0.5, 0.6) is 0 Å². The SMILES string of the molecule is CCC1(CC)C(NC(=O)Cn2ccnc2)C(C)C1OC. The molecule has 1 aliphatic carbocycles. The number of amides is 1. The van der Waals surface area contributed by atoms with Crippen molar-refractivity contribution in [1.29, 1.82) is 0 Å². The number of imidazole rings is 1. The summed E-state index contributed by atoms with van der Waals surface area (Å²) in [5, 5.41) is 3.19. The van der Waals surface area contributed by atoms with E-state index in [0.717, 1.165) is 12.8 Å². The van der Waals surface area contributed by atoms with Crippen LogP contribution in [0.1, 0.15) is 33.6 Å². The zero-order valence-electron chi connectivity index (χ0n) is 12.8. The zero-order valence-corrected chi connectivity index (χ0v) is 12.8. The highest BCUT2D eigenvalue weighted by Crippen LogP contribution is 2.52. The third kappa shape index (κ3) is 2.35. The highest BCUT2D eigenvalue weighted by molar-refractivity contribution is 5.76. The molecule has 0 aliphatic heterocycles. The van der Waals surface area contributed by atoms with Gasteiger partial charge in [-0.3, -0.25) is 4.79 Å². The fourth-order valence-electron chi connectivity index (χ4n) is 3.86. The molecule has 0 bridgehead atoms. The van der Waals surface area contributed by atoms with Crippen LogP contribution in [0.15, 0.2) is 18.7 Å². The average molecular weight is 279 g/mol. The van der Waals surface area contributed by atoms with Gasteiger partial charge in [-0.05, 0) is 12.8 Å². The van der Waals surface area contributed by atoms with Crippen LogP contribution in [-0.2, 0) is 16.1 Å². The van der Waals surface area contributed by atoms with Gasteiger partial charge in [0.1, 0.15) is 6.54 Å². The first-order valence-corrected chi connectivity index (χ1v) is 7.37. The molecule has 5 nitrogen and oxygen atoms in total. The van der Waals surface area contributed by atoms with Crippen LogP contribution in [0.2, 0.25) is 0 Å². The van der Waals surface area contributed by atoms with Crippen molar-refractivity contribution in [2.45, 2.75) is 52.3 Å². The Hall–Kier alpha value is -1.36. The largest absolute Gasteiger partial charge is 0.380 e. The Kier molecular flexibility index (Phi) is 4.48. The van der Waals surface area contributed by atoms with E-state index in [-0.39, 0.29) is 23.5 Å². The van der Waals surface area contributed by atoms with Crippen molar-refractivity contribution in [3.8, 4) is 0 Å². The predicted molar refractivity (Wildman–Crippen MR) is 77.1 cm³/mol. The summed E-state index contributed by atoms with van der Waals surface area (Å²) < 4.78 is 7.43. The van der Waals surface area contributed by atoms with Gasteiger partial charge in [0.25, 0.3) is 0 Å². The number of carbonyl (C=O) groups excluding carboxylic acids is 1. The van der Waals surface area contributed by atoms with Gasteiger partial charge in [0.05, 0.1) is 12.4 Å². The molecule has 1 aliphatic rings. The first-order valence-electron chi connectivity index (χ1n) is 7.37. The fourth-order valence-corrected chi connectivity index (χ4v) is 3.86. The monoisotopic (exact) mass is 279 g/mol. The van der Waals surface area contributed by atoms with Crippen LogP contribution in [0, 0.1) is 11.3 Å². The highest BCUT2D eigenvalue weighted by Gasteiger charge is 2.58. The van der Waals surface area contributed by atoms with E-state index < -0.39 is 0 Å². The van der Waals surface area contributed by atoms with Gasteiger partial charge in [-0.15, -0.1) is 0 Å². The second-order valence-corrected chi connectivity index (χ2v) is 5.74. The predicted octanol–water partition coefficient (Wildman–Crippen LogP) is 1.84. The van der Waals surface area contributed by atoms with Crippen molar-refractivity contribution in [2.75, 3.05) is 7.11 Å². The lowest BCUT2D eigenvalue weighted by molar-refractivity contribution is -0.172. The van der Waals surface area contributed by atoms with E-state index in [0.29, 0.717) is 12.5 Å². The van der Waals surface area contributed by atoms with E-state index in [2.05, 4.69) is 31.1 Å². The summed E-state index contributed by atoms with van der Waals surface area (Å²) >= 11 is 0. The van der Waals surface area contributed by atoms with Crippen LogP contribution in [0.25, 0.3) is 0 Å². The molecule has 3 unspecified atom stereocenters. The van der Waals surface area contributed by atoms with E-state index in [1.807, 2.05) is 0 Å². The summed E-state index contributed by atoms with van der Waals surface area (Å²) in [4.78, 5) is 16.1. The normalized spacial score (nSPS) is 27.9. The van der Waals surface area contributed by atoms with E-state index >= 15 is 0 Å². The Bertz CT molecular complexity index is 440.